The van der Waals surface area contributed by atoms with Crippen LogP contribution in [0.15, 0.2) is 17.3 Å². The summed E-state index contributed by atoms with van der Waals surface area (Å²) in [7, 11) is -1.03. The molecule has 0 unspecified atom stereocenters. The molecule has 0 bridgehead atoms. The lowest BCUT2D eigenvalue weighted by Crippen LogP contribution is -2.50. The van der Waals surface area contributed by atoms with Crippen molar-refractivity contribution in [2.24, 2.45) is 7.05 Å². The zero-order valence-corrected chi connectivity index (χ0v) is 10.9. The van der Waals surface area contributed by atoms with Crippen LogP contribution in [0, 0.1) is 0 Å². The SMILES string of the molecule is CN(C(C)(C)C(=O)O)S(=O)(=O)c1cnn(C)c1. The van der Waals surface area contributed by atoms with Crippen molar-refractivity contribution in [3.63, 3.8) is 0 Å². The third-order valence-corrected chi connectivity index (χ3v) is 4.63. The molecule has 0 saturated heterocycles. The van der Waals surface area contributed by atoms with Gasteiger partial charge in [-0.05, 0) is 13.8 Å². The highest BCUT2D eigenvalue weighted by Crippen LogP contribution is 2.22. The molecule has 1 N–H and O–H groups in total. The van der Waals surface area contributed by atoms with Gasteiger partial charge in [-0.15, -0.1) is 0 Å². The molecule has 0 aliphatic heterocycles. The Morgan fingerprint density at radius 3 is 2.41 bits per heavy atom. The average molecular weight is 261 g/mol. The minimum absolute atomic E-state index is 0.0307. The van der Waals surface area contributed by atoms with Crippen LogP contribution in [0.4, 0.5) is 0 Å². The van der Waals surface area contributed by atoms with Gasteiger partial charge >= 0.3 is 5.97 Å². The number of hydrogen-bond acceptors (Lipinski definition) is 4. The fourth-order valence-corrected chi connectivity index (χ4v) is 2.59. The second kappa shape index (κ2) is 4.11. The summed E-state index contributed by atoms with van der Waals surface area (Å²) < 4.78 is 26.4. The zero-order valence-electron chi connectivity index (χ0n) is 10.1. The molecule has 1 rings (SSSR count). The predicted octanol–water partition coefficient (Wildman–Crippen LogP) is -0.0962. The summed E-state index contributed by atoms with van der Waals surface area (Å²) in [6, 6.07) is 0. The smallest absolute Gasteiger partial charge is 0.324 e. The highest BCUT2D eigenvalue weighted by atomic mass is 32.2. The molecule has 0 saturated carbocycles. The summed E-state index contributed by atoms with van der Waals surface area (Å²) in [5.74, 6) is -1.22. The van der Waals surface area contributed by atoms with E-state index in [-0.39, 0.29) is 4.90 Å². The first-order valence-electron chi connectivity index (χ1n) is 4.81. The molecule has 17 heavy (non-hydrogen) atoms. The first kappa shape index (κ1) is 13.7. The van der Waals surface area contributed by atoms with E-state index in [2.05, 4.69) is 5.10 Å². The summed E-state index contributed by atoms with van der Waals surface area (Å²) in [6.45, 7) is 2.65. The lowest BCUT2D eigenvalue weighted by Gasteiger charge is -2.29. The highest BCUT2D eigenvalue weighted by Gasteiger charge is 2.40. The van der Waals surface area contributed by atoms with Crippen molar-refractivity contribution >= 4 is 16.0 Å². The van der Waals surface area contributed by atoms with Crippen LogP contribution < -0.4 is 0 Å². The maximum atomic E-state index is 12.1. The second-order valence-corrected chi connectivity index (χ2v) is 6.16. The second-order valence-electron chi connectivity index (χ2n) is 4.19. The van der Waals surface area contributed by atoms with E-state index in [1.54, 1.807) is 7.05 Å². The number of carboxylic acids is 1. The van der Waals surface area contributed by atoms with Gasteiger partial charge in [0, 0.05) is 20.3 Å². The van der Waals surface area contributed by atoms with E-state index in [1.807, 2.05) is 0 Å². The lowest BCUT2D eigenvalue weighted by molar-refractivity contribution is -0.145. The molecule has 96 valence electrons. The molecule has 0 aromatic carbocycles. The summed E-state index contributed by atoms with van der Waals surface area (Å²) in [6.07, 6.45) is 2.51. The van der Waals surface area contributed by atoms with E-state index < -0.39 is 21.5 Å². The molecule has 0 atom stereocenters. The van der Waals surface area contributed by atoms with Crippen molar-refractivity contribution in [1.82, 2.24) is 14.1 Å². The molecule has 0 radical (unpaired) electrons. The fourth-order valence-electron chi connectivity index (χ4n) is 1.13. The molecule has 0 fully saturated rings. The van der Waals surface area contributed by atoms with Gasteiger partial charge in [-0.25, -0.2) is 8.42 Å². The molecule has 1 aromatic heterocycles. The largest absolute Gasteiger partial charge is 0.480 e. The quantitative estimate of drug-likeness (QED) is 0.817. The number of likely N-dealkylation sites (N-methyl/N-ethyl adjacent to an activating group) is 1. The fraction of sp³-hybridized carbons (Fsp3) is 0.556. The van der Waals surface area contributed by atoms with Crippen molar-refractivity contribution in [3.8, 4) is 0 Å². The van der Waals surface area contributed by atoms with Crippen molar-refractivity contribution in [3.05, 3.63) is 12.4 Å². The standard InChI is InChI=1S/C9H15N3O4S/c1-9(2,8(13)14)12(4)17(15,16)7-5-10-11(3)6-7/h5-6H,1-4H3,(H,13,14). The van der Waals surface area contributed by atoms with Crippen LogP contribution in [0.1, 0.15) is 13.8 Å². The summed E-state index contributed by atoms with van der Waals surface area (Å²) in [5, 5.41) is 12.8. The molecular weight excluding hydrogens is 246 g/mol. The van der Waals surface area contributed by atoms with Crippen LogP contribution in [-0.2, 0) is 21.9 Å². The third-order valence-electron chi connectivity index (χ3n) is 2.65. The van der Waals surface area contributed by atoms with Gasteiger partial charge in [-0.2, -0.15) is 9.40 Å². The van der Waals surface area contributed by atoms with E-state index in [4.69, 9.17) is 5.11 Å². The van der Waals surface area contributed by atoms with Gasteiger partial charge in [-0.3, -0.25) is 9.48 Å². The van der Waals surface area contributed by atoms with Gasteiger partial charge in [0.1, 0.15) is 10.4 Å². The number of rotatable bonds is 4. The number of aromatic nitrogens is 2. The van der Waals surface area contributed by atoms with Crippen LogP contribution >= 0.6 is 0 Å². The van der Waals surface area contributed by atoms with E-state index in [1.165, 1.54) is 38.0 Å². The summed E-state index contributed by atoms with van der Waals surface area (Å²) >= 11 is 0. The van der Waals surface area contributed by atoms with Crippen molar-refractivity contribution in [2.75, 3.05) is 7.05 Å². The van der Waals surface area contributed by atoms with Crippen LogP contribution in [0.3, 0.4) is 0 Å². The third kappa shape index (κ3) is 2.32. The first-order valence-corrected chi connectivity index (χ1v) is 6.25. The number of hydrogen-bond donors (Lipinski definition) is 1. The Balaban J connectivity index is 3.20. The van der Waals surface area contributed by atoms with Crippen LogP contribution in [-0.4, -0.2) is 46.2 Å². The molecule has 0 amide bonds. The molecule has 1 heterocycles. The Morgan fingerprint density at radius 1 is 1.53 bits per heavy atom. The first-order chi connectivity index (χ1) is 7.60. The minimum Gasteiger partial charge on any atom is -0.480 e. The maximum absolute atomic E-state index is 12.1. The Kier molecular flexibility index (Phi) is 3.30. The van der Waals surface area contributed by atoms with Crippen LogP contribution in [0.25, 0.3) is 0 Å². The Hall–Kier alpha value is -1.41. The number of carbonyl (C=O) groups is 1. The van der Waals surface area contributed by atoms with Gasteiger partial charge in [0.15, 0.2) is 0 Å². The number of nitrogens with zero attached hydrogens (tertiary/aromatic N) is 3. The van der Waals surface area contributed by atoms with Gasteiger partial charge in [0.05, 0.1) is 6.20 Å². The monoisotopic (exact) mass is 261 g/mol. The lowest BCUT2D eigenvalue weighted by atomic mass is 10.1. The van der Waals surface area contributed by atoms with Crippen molar-refractivity contribution < 1.29 is 18.3 Å². The minimum atomic E-state index is -3.85. The van der Waals surface area contributed by atoms with Gasteiger partial charge in [0.25, 0.3) is 0 Å². The molecule has 0 aliphatic rings. The van der Waals surface area contributed by atoms with Crippen molar-refractivity contribution in [2.45, 2.75) is 24.3 Å². The molecule has 1 aromatic rings. The Labute approximate surface area is 99.7 Å². The van der Waals surface area contributed by atoms with E-state index in [0.717, 1.165) is 4.31 Å². The number of sulfonamides is 1. The number of aliphatic carboxylic acids is 1. The normalized spacial score (nSPS) is 13.0. The topological polar surface area (TPSA) is 92.5 Å². The van der Waals surface area contributed by atoms with Crippen molar-refractivity contribution in [1.29, 1.82) is 0 Å². The molecule has 0 spiro atoms. The highest BCUT2D eigenvalue weighted by molar-refractivity contribution is 7.89. The number of carboxylic acid groups (broad SMARTS) is 1. The van der Waals surface area contributed by atoms with Gasteiger partial charge in [0.2, 0.25) is 10.0 Å². The van der Waals surface area contributed by atoms with Crippen LogP contribution in [0.5, 0.6) is 0 Å². The van der Waals surface area contributed by atoms with E-state index in [0.29, 0.717) is 0 Å². The van der Waals surface area contributed by atoms with Gasteiger partial charge < -0.3 is 5.11 Å². The zero-order chi connectivity index (χ0) is 13.4. The predicted molar refractivity (Wildman–Crippen MR) is 59.9 cm³/mol. The Bertz CT molecular complexity index is 532. The number of aryl methyl sites for hydroxylation is 1. The maximum Gasteiger partial charge on any atom is 0.324 e. The summed E-state index contributed by atoms with van der Waals surface area (Å²) in [4.78, 5) is 11.0. The van der Waals surface area contributed by atoms with E-state index in [9.17, 15) is 13.2 Å². The molecule has 8 heteroatoms. The van der Waals surface area contributed by atoms with E-state index >= 15 is 0 Å². The molecule has 0 aliphatic carbocycles. The molecule has 7 nitrogen and oxygen atoms in total. The summed E-state index contributed by atoms with van der Waals surface area (Å²) in [5.41, 5.74) is -1.52. The Morgan fingerprint density at radius 2 is 2.06 bits per heavy atom. The van der Waals surface area contributed by atoms with Gasteiger partial charge in [-0.1, -0.05) is 0 Å². The average Bonchev–Trinajstić information content (AvgIpc) is 2.63. The van der Waals surface area contributed by atoms with Crippen LogP contribution in [0.2, 0.25) is 0 Å². The molecular formula is C9H15N3O4S.